The van der Waals surface area contributed by atoms with Gasteiger partial charge in [0, 0.05) is 20.1 Å². The molecule has 2 heterocycles. The Kier molecular flexibility index (Phi) is 2.79. The van der Waals surface area contributed by atoms with Gasteiger partial charge in [0.2, 0.25) is 0 Å². The average Bonchev–Trinajstić information content (AvgIpc) is 2.79. The van der Waals surface area contributed by atoms with Gasteiger partial charge in [0.25, 0.3) is 0 Å². The first-order chi connectivity index (χ1) is 6.81. The third kappa shape index (κ3) is 1.78. The minimum atomic E-state index is 0.323. The van der Waals surface area contributed by atoms with Crippen LogP contribution in [0.15, 0.2) is 0 Å². The lowest BCUT2D eigenvalue weighted by atomic mass is 10.2. The van der Waals surface area contributed by atoms with E-state index in [2.05, 4.69) is 10.2 Å². The molecule has 0 aromatic carbocycles. The number of ether oxygens (including phenoxy) is 1. The van der Waals surface area contributed by atoms with Crippen LogP contribution in [0.4, 0.5) is 0 Å². The number of nitrogens with two attached hydrogens (primary N) is 1. The Bertz CT molecular complexity index is 304. The molecule has 0 spiro atoms. The van der Waals surface area contributed by atoms with Gasteiger partial charge in [-0.2, -0.15) is 0 Å². The van der Waals surface area contributed by atoms with E-state index in [0.29, 0.717) is 12.6 Å². The standard InChI is InChI=1S/C9H16N4O/c1-13-8(11-12-9(13)6-10)5-7-3-2-4-14-7/h7H,2-6,10H2,1H3. The molecule has 5 heteroatoms. The van der Waals surface area contributed by atoms with Gasteiger partial charge in [-0.25, -0.2) is 0 Å². The third-order valence-corrected chi connectivity index (χ3v) is 2.67. The van der Waals surface area contributed by atoms with Crippen molar-refractivity contribution in [3.8, 4) is 0 Å². The molecule has 0 radical (unpaired) electrons. The van der Waals surface area contributed by atoms with Crippen LogP contribution in [0.3, 0.4) is 0 Å². The van der Waals surface area contributed by atoms with E-state index in [9.17, 15) is 0 Å². The van der Waals surface area contributed by atoms with Gasteiger partial charge >= 0.3 is 0 Å². The smallest absolute Gasteiger partial charge is 0.146 e. The normalized spacial score (nSPS) is 21.7. The average molecular weight is 196 g/mol. The van der Waals surface area contributed by atoms with Gasteiger partial charge < -0.3 is 15.0 Å². The Morgan fingerprint density at radius 3 is 2.86 bits per heavy atom. The van der Waals surface area contributed by atoms with E-state index in [1.807, 2.05) is 11.6 Å². The van der Waals surface area contributed by atoms with E-state index in [4.69, 9.17) is 10.5 Å². The lowest BCUT2D eigenvalue weighted by Crippen LogP contribution is -2.14. The largest absolute Gasteiger partial charge is 0.378 e. The zero-order valence-corrected chi connectivity index (χ0v) is 8.44. The van der Waals surface area contributed by atoms with Crippen molar-refractivity contribution >= 4 is 0 Å². The molecule has 2 N–H and O–H groups in total. The van der Waals surface area contributed by atoms with Crippen LogP contribution < -0.4 is 5.73 Å². The minimum absolute atomic E-state index is 0.323. The second-order valence-electron chi connectivity index (χ2n) is 3.63. The second-order valence-corrected chi connectivity index (χ2v) is 3.63. The zero-order valence-electron chi connectivity index (χ0n) is 8.44. The van der Waals surface area contributed by atoms with Crippen molar-refractivity contribution < 1.29 is 4.74 Å². The van der Waals surface area contributed by atoms with E-state index in [1.54, 1.807) is 0 Å². The third-order valence-electron chi connectivity index (χ3n) is 2.67. The molecule has 0 bridgehead atoms. The lowest BCUT2D eigenvalue weighted by molar-refractivity contribution is 0.109. The molecular formula is C9H16N4O. The molecule has 1 aromatic rings. The fraction of sp³-hybridized carbons (Fsp3) is 0.778. The highest BCUT2D eigenvalue weighted by atomic mass is 16.5. The molecule has 0 saturated carbocycles. The van der Waals surface area contributed by atoms with Gasteiger partial charge in [0.05, 0.1) is 12.6 Å². The molecule has 0 aliphatic carbocycles. The van der Waals surface area contributed by atoms with Crippen molar-refractivity contribution in [2.24, 2.45) is 12.8 Å². The Labute approximate surface area is 83.3 Å². The van der Waals surface area contributed by atoms with Crippen molar-refractivity contribution in [1.82, 2.24) is 14.8 Å². The maximum absolute atomic E-state index is 5.54. The number of aromatic nitrogens is 3. The fourth-order valence-corrected chi connectivity index (χ4v) is 1.76. The topological polar surface area (TPSA) is 66.0 Å². The van der Waals surface area contributed by atoms with Crippen LogP contribution in [0.1, 0.15) is 24.5 Å². The summed E-state index contributed by atoms with van der Waals surface area (Å²) in [5.41, 5.74) is 5.52. The van der Waals surface area contributed by atoms with Crippen molar-refractivity contribution in [3.05, 3.63) is 11.6 Å². The first kappa shape index (κ1) is 9.61. The van der Waals surface area contributed by atoms with Crippen LogP contribution in [0, 0.1) is 0 Å². The summed E-state index contributed by atoms with van der Waals surface area (Å²) in [6, 6.07) is 0. The van der Waals surface area contributed by atoms with Gasteiger partial charge in [-0.15, -0.1) is 10.2 Å². The molecule has 1 aliphatic rings. The molecule has 2 rings (SSSR count). The van der Waals surface area contributed by atoms with Crippen LogP contribution in [-0.2, 0) is 24.8 Å². The molecule has 1 aliphatic heterocycles. The summed E-state index contributed by atoms with van der Waals surface area (Å²) in [5, 5.41) is 8.11. The molecule has 1 unspecified atom stereocenters. The minimum Gasteiger partial charge on any atom is -0.378 e. The van der Waals surface area contributed by atoms with Gasteiger partial charge in [-0.1, -0.05) is 0 Å². The predicted molar refractivity (Wildman–Crippen MR) is 51.6 cm³/mol. The second kappa shape index (κ2) is 4.06. The van der Waals surface area contributed by atoms with Crippen LogP contribution in [0.5, 0.6) is 0 Å². The molecule has 1 fully saturated rings. The number of nitrogens with zero attached hydrogens (tertiary/aromatic N) is 3. The predicted octanol–water partition coefficient (Wildman–Crippen LogP) is -0.00470. The molecule has 0 amide bonds. The van der Waals surface area contributed by atoms with Gasteiger partial charge in [0.15, 0.2) is 0 Å². The molecular weight excluding hydrogens is 180 g/mol. The highest BCUT2D eigenvalue weighted by Crippen LogP contribution is 2.16. The lowest BCUT2D eigenvalue weighted by Gasteiger charge is -2.08. The summed E-state index contributed by atoms with van der Waals surface area (Å²) in [6.45, 7) is 1.32. The summed E-state index contributed by atoms with van der Waals surface area (Å²) >= 11 is 0. The SMILES string of the molecule is Cn1c(CN)nnc1CC1CCCO1. The summed E-state index contributed by atoms with van der Waals surface area (Å²) in [6.07, 6.45) is 3.46. The molecule has 5 nitrogen and oxygen atoms in total. The Balaban J connectivity index is 2.04. The molecule has 14 heavy (non-hydrogen) atoms. The van der Waals surface area contributed by atoms with Gasteiger partial charge in [-0.3, -0.25) is 0 Å². The van der Waals surface area contributed by atoms with Crippen LogP contribution in [-0.4, -0.2) is 27.5 Å². The van der Waals surface area contributed by atoms with E-state index in [1.165, 1.54) is 0 Å². The number of hydrogen-bond acceptors (Lipinski definition) is 4. The van der Waals surface area contributed by atoms with E-state index < -0.39 is 0 Å². The quantitative estimate of drug-likeness (QED) is 0.738. The summed E-state index contributed by atoms with van der Waals surface area (Å²) in [5.74, 6) is 1.80. The van der Waals surface area contributed by atoms with Crippen molar-refractivity contribution in [2.45, 2.75) is 31.9 Å². The monoisotopic (exact) mass is 196 g/mol. The summed E-state index contributed by atoms with van der Waals surface area (Å²) in [4.78, 5) is 0. The first-order valence-corrected chi connectivity index (χ1v) is 5.00. The van der Waals surface area contributed by atoms with E-state index in [-0.39, 0.29) is 0 Å². The Morgan fingerprint density at radius 1 is 1.50 bits per heavy atom. The molecule has 78 valence electrons. The van der Waals surface area contributed by atoms with Crippen LogP contribution in [0.2, 0.25) is 0 Å². The van der Waals surface area contributed by atoms with E-state index >= 15 is 0 Å². The van der Waals surface area contributed by atoms with Crippen LogP contribution >= 0.6 is 0 Å². The Morgan fingerprint density at radius 2 is 2.29 bits per heavy atom. The van der Waals surface area contributed by atoms with Crippen molar-refractivity contribution in [3.63, 3.8) is 0 Å². The first-order valence-electron chi connectivity index (χ1n) is 5.00. The number of hydrogen-bond donors (Lipinski definition) is 1. The Hall–Kier alpha value is -0.940. The molecule has 1 saturated heterocycles. The highest BCUT2D eigenvalue weighted by molar-refractivity contribution is 4.96. The zero-order chi connectivity index (χ0) is 9.97. The number of rotatable bonds is 3. The van der Waals surface area contributed by atoms with Crippen LogP contribution in [0.25, 0.3) is 0 Å². The van der Waals surface area contributed by atoms with E-state index in [0.717, 1.165) is 37.5 Å². The summed E-state index contributed by atoms with van der Waals surface area (Å²) in [7, 11) is 1.95. The molecule has 1 atom stereocenters. The summed E-state index contributed by atoms with van der Waals surface area (Å²) < 4.78 is 7.50. The van der Waals surface area contributed by atoms with Gasteiger partial charge in [-0.05, 0) is 12.8 Å². The van der Waals surface area contributed by atoms with Crippen molar-refractivity contribution in [2.75, 3.05) is 6.61 Å². The fourth-order valence-electron chi connectivity index (χ4n) is 1.76. The van der Waals surface area contributed by atoms with Gasteiger partial charge in [0.1, 0.15) is 11.6 Å². The maximum atomic E-state index is 5.54. The molecule has 1 aromatic heterocycles. The van der Waals surface area contributed by atoms with Crippen molar-refractivity contribution in [1.29, 1.82) is 0 Å². The highest BCUT2D eigenvalue weighted by Gasteiger charge is 2.19. The maximum Gasteiger partial charge on any atom is 0.146 e.